The molecular formula is C8H10ClNO. The Morgan fingerprint density at radius 2 is 2.27 bits per heavy atom. The van der Waals surface area contributed by atoms with Crippen LogP contribution < -0.4 is 0 Å². The fourth-order valence-corrected chi connectivity index (χ4v) is 0.969. The Morgan fingerprint density at radius 1 is 1.55 bits per heavy atom. The largest absolute Gasteiger partial charge is 0.377 e. The molecule has 0 aliphatic carbocycles. The monoisotopic (exact) mass is 171 g/mol. The second-order valence-electron chi connectivity index (χ2n) is 2.31. The molecule has 0 amide bonds. The Hall–Kier alpha value is -0.600. The molecule has 60 valence electrons. The highest BCUT2D eigenvalue weighted by Crippen LogP contribution is 2.17. The third kappa shape index (κ3) is 2.17. The van der Waals surface area contributed by atoms with Gasteiger partial charge in [-0.05, 0) is 13.0 Å². The average Bonchev–Trinajstić information content (AvgIpc) is 2.03. The van der Waals surface area contributed by atoms with E-state index in [1.807, 2.05) is 13.0 Å². The first kappa shape index (κ1) is 8.50. The topological polar surface area (TPSA) is 22.1 Å². The fraction of sp³-hybridized carbons (Fsp3) is 0.375. The van der Waals surface area contributed by atoms with Crippen molar-refractivity contribution in [2.24, 2.45) is 0 Å². The van der Waals surface area contributed by atoms with Crippen molar-refractivity contribution >= 4 is 11.6 Å². The fourth-order valence-electron chi connectivity index (χ4n) is 0.787. The molecule has 0 radical (unpaired) electrons. The lowest BCUT2D eigenvalue weighted by Gasteiger charge is -2.08. The molecule has 1 heterocycles. The standard InChI is InChI=1S/C8H10ClNO/c1-6(11-2)7-3-8(9)5-10-4-7/h3-6H,1-2H3. The molecule has 0 aromatic carbocycles. The van der Waals surface area contributed by atoms with E-state index in [0.29, 0.717) is 5.02 Å². The van der Waals surface area contributed by atoms with Crippen molar-refractivity contribution in [3.05, 3.63) is 29.0 Å². The number of hydrogen-bond acceptors (Lipinski definition) is 2. The molecule has 0 bridgehead atoms. The minimum Gasteiger partial charge on any atom is -0.377 e. The van der Waals surface area contributed by atoms with Crippen LogP contribution in [0.1, 0.15) is 18.6 Å². The Morgan fingerprint density at radius 3 is 2.82 bits per heavy atom. The van der Waals surface area contributed by atoms with E-state index in [0.717, 1.165) is 5.56 Å². The van der Waals surface area contributed by atoms with Gasteiger partial charge in [0.25, 0.3) is 0 Å². The number of rotatable bonds is 2. The summed E-state index contributed by atoms with van der Waals surface area (Å²) >= 11 is 5.73. The number of methoxy groups -OCH3 is 1. The number of ether oxygens (including phenoxy) is 1. The number of halogens is 1. The Bertz CT molecular complexity index is 239. The third-order valence-corrected chi connectivity index (χ3v) is 1.76. The predicted octanol–water partition coefficient (Wildman–Crippen LogP) is 2.44. The first-order valence-electron chi connectivity index (χ1n) is 3.37. The van der Waals surface area contributed by atoms with E-state index in [-0.39, 0.29) is 6.10 Å². The molecule has 1 unspecified atom stereocenters. The molecular weight excluding hydrogens is 162 g/mol. The molecule has 0 spiro atoms. The molecule has 2 nitrogen and oxygen atoms in total. The van der Waals surface area contributed by atoms with Gasteiger partial charge in [-0.25, -0.2) is 0 Å². The first-order valence-corrected chi connectivity index (χ1v) is 3.75. The van der Waals surface area contributed by atoms with E-state index in [4.69, 9.17) is 16.3 Å². The van der Waals surface area contributed by atoms with Gasteiger partial charge < -0.3 is 4.74 Å². The maximum Gasteiger partial charge on any atom is 0.0808 e. The average molecular weight is 172 g/mol. The molecule has 1 aromatic heterocycles. The van der Waals surface area contributed by atoms with Crippen LogP contribution in [0.4, 0.5) is 0 Å². The Labute approximate surface area is 71.2 Å². The summed E-state index contributed by atoms with van der Waals surface area (Å²) in [6.07, 6.45) is 3.41. The molecule has 0 saturated carbocycles. The van der Waals surface area contributed by atoms with Crippen molar-refractivity contribution in [2.45, 2.75) is 13.0 Å². The van der Waals surface area contributed by atoms with Crippen LogP contribution in [0.25, 0.3) is 0 Å². The Kier molecular flexibility index (Phi) is 2.85. The molecule has 0 fully saturated rings. The van der Waals surface area contributed by atoms with Crippen LogP contribution in [0.15, 0.2) is 18.5 Å². The van der Waals surface area contributed by atoms with E-state index in [1.54, 1.807) is 19.5 Å². The smallest absolute Gasteiger partial charge is 0.0808 e. The van der Waals surface area contributed by atoms with Crippen LogP contribution in [0.3, 0.4) is 0 Å². The van der Waals surface area contributed by atoms with E-state index in [2.05, 4.69) is 4.98 Å². The maximum absolute atomic E-state index is 5.73. The minimum absolute atomic E-state index is 0.0567. The van der Waals surface area contributed by atoms with Gasteiger partial charge in [-0.15, -0.1) is 0 Å². The summed E-state index contributed by atoms with van der Waals surface area (Å²) in [5, 5.41) is 0.645. The van der Waals surface area contributed by atoms with E-state index in [1.165, 1.54) is 0 Å². The summed E-state index contributed by atoms with van der Waals surface area (Å²) < 4.78 is 5.09. The van der Waals surface area contributed by atoms with Crippen LogP contribution in [-0.2, 0) is 4.74 Å². The molecule has 1 aromatic rings. The zero-order chi connectivity index (χ0) is 8.27. The van der Waals surface area contributed by atoms with Gasteiger partial charge in [-0.1, -0.05) is 11.6 Å². The lowest BCUT2D eigenvalue weighted by Crippen LogP contribution is -1.95. The first-order chi connectivity index (χ1) is 5.24. The molecule has 0 N–H and O–H groups in total. The van der Waals surface area contributed by atoms with E-state index < -0.39 is 0 Å². The summed E-state index contributed by atoms with van der Waals surface area (Å²) in [7, 11) is 1.66. The van der Waals surface area contributed by atoms with Gasteiger partial charge in [0.05, 0.1) is 11.1 Å². The van der Waals surface area contributed by atoms with Crippen LogP contribution in [0.2, 0.25) is 5.02 Å². The molecule has 11 heavy (non-hydrogen) atoms. The van der Waals surface area contributed by atoms with Gasteiger partial charge in [0.15, 0.2) is 0 Å². The van der Waals surface area contributed by atoms with Crippen LogP contribution in [0.5, 0.6) is 0 Å². The minimum atomic E-state index is 0.0567. The molecule has 0 aliphatic rings. The second kappa shape index (κ2) is 3.69. The van der Waals surface area contributed by atoms with Crippen LogP contribution in [0, 0.1) is 0 Å². The lowest BCUT2D eigenvalue weighted by atomic mass is 10.2. The summed E-state index contributed by atoms with van der Waals surface area (Å²) in [5.41, 5.74) is 1.00. The third-order valence-electron chi connectivity index (χ3n) is 1.55. The zero-order valence-corrected chi connectivity index (χ0v) is 7.30. The maximum atomic E-state index is 5.73. The van der Waals surface area contributed by atoms with Crippen molar-refractivity contribution < 1.29 is 4.74 Å². The van der Waals surface area contributed by atoms with Gasteiger partial charge in [0.1, 0.15) is 0 Å². The quantitative estimate of drug-likeness (QED) is 0.682. The molecule has 1 rings (SSSR count). The molecule has 0 saturated heterocycles. The predicted molar refractivity (Wildman–Crippen MR) is 44.7 cm³/mol. The van der Waals surface area contributed by atoms with Crippen molar-refractivity contribution in [1.29, 1.82) is 0 Å². The van der Waals surface area contributed by atoms with Gasteiger partial charge >= 0.3 is 0 Å². The van der Waals surface area contributed by atoms with Crippen molar-refractivity contribution in [3.8, 4) is 0 Å². The van der Waals surface area contributed by atoms with Crippen molar-refractivity contribution in [1.82, 2.24) is 4.98 Å². The van der Waals surface area contributed by atoms with Gasteiger partial charge in [0.2, 0.25) is 0 Å². The van der Waals surface area contributed by atoms with Gasteiger partial charge in [-0.2, -0.15) is 0 Å². The molecule has 0 aliphatic heterocycles. The molecule has 3 heteroatoms. The highest BCUT2D eigenvalue weighted by atomic mass is 35.5. The highest BCUT2D eigenvalue weighted by molar-refractivity contribution is 6.30. The summed E-state index contributed by atoms with van der Waals surface area (Å²) in [6, 6.07) is 1.85. The summed E-state index contributed by atoms with van der Waals surface area (Å²) in [5.74, 6) is 0. The SMILES string of the molecule is COC(C)c1cncc(Cl)c1. The van der Waals surface area contributed by atoms with Crippen LogP contribution in [-0.4, -0.2) is 12.1 Å². The van der Waals surface area contributed by atoms with Crippen molar-refractivity contribution in [3.63, 3.8) is 0 Å². The molecule has 1 atom stereocenters. The van der Waals surface area contributed by atoms with Crippen molar-refractivity contribution in [2.75, 3.05) is 7.11 Å². The number of pyridine rings is 1. The van der Waals surface area contributed by atoms with E-state index >= 15 is 0 Å². The van der Waals surface area contributed by atoms with Crippen LogP contribution >= 0.6 is 11.6 Å². The number of aromatic nitrogens is 1. The van der Waals surface area contributed by atoms with E-state index in [9.17, 15) is 0 Å². The number of nitrogens with zero attached hydrogens (tertiary/aromatic N) is 1. The zero-order valence-electron chi connectivity index (χ0n) is 6.54. The van der Waals surface area contributed by atoms with Gasteiger partial charge in [0, 0.05) is 25.1 Å². The summed E-state index contributed by atoms with van der Waals surface area (Å²) in [6.45, 7) is 1.95. The van der Waals surface area contributed by atoms with Gasteiger partial charge in [-0.3, -0.25) is 4.98 Å². The normalized spacial score (nSPS) is 13.0. The Balaban J connectivity index is 2.86. The number of hydrogen-bond donors (Lipinski definition) is 0. The highest BCUT2D eigenvalue weighted by Gasteiger charge is 2.03. The summed E-state index contributed by atoms with van der Waals surface area (Å²) in [4.78, 5) is 3.94. The second-order valence-corrected chi connectivity index (χ2v) is 2.75. The lowest BCUT2D eigenvalue weighted by molar-refractivity contribution is 0.119.